The van der Waals surface area contributed by atoms with E-state index in [4.69, 9.17) is 15.3 Å². The summed E-state index contributed by atoms with van der Waals surface area (Å²) in [6, 6.07) is 0. The molecule has 0 spiro atoms. The number of aliphatic hydroxyl groups is 3. The van der Waals surface area contributed by atoms with Crippen LogP contribution in [0.2, 0.25) is 0 Å². The lowest BCUT2D eigenvalue weighted by atomic mass is 10.3. The molecule has 1 aliphatic rings. The molecule has 0 saturated carbocycles. The second-order valence-corrected chi connectivity index (χ2v) is 3.35. The van der Waals surface area contributed by atoms with Crippen molar-refractivity contribution in [2.45, 2.75) is 38.5 Å². The third-order valence-electron chi connectivity index (χ3n) is 2.16. The molecule has 1 aliphatic heterocycles. The van der Waals surface area contributed by atoms with Gasteiger partial charge in [-0.25, -0.2) is 0 Å². The zero-order valence-electron chi connectivity index (χ0n) is 8.48. The highest BCUT2D eigenvalue weighted by Gasteiger charge is 2.16. The van der Waals surface area contributed by atoms with Crippen molar-refractivity contribution in [1.82, 2.24) is 4.90 Å². The molecule has 1 fully saturated rings. The molecule has 4 heteroatoms. The minimum atomic E-state index is -0.509. The lowest BCUT2D eigenvalue weighted by Crippen LogP contribution is -2.23. The van der Waals surface area contributed by atoms with Crippen LogP contribution in [0.4, 0.5) is 0 Å². The van der Waals surface area contributed by atoms with Crippen LogP contribution in [-0.2, 0) is 0 Å². The minimum absolute atomic E-state index is 0.115. The molecule has 0 radical (unpaired) electrons. The summed E-state index contributed by atoms with van der Waals surface area (Å²) in [7, 11) is 1.94. The third kappa shape index (κ3) is 5.99. The number of nitrogens with zero attached hydrogens (tertiary/aromatic N) is 1. The quantitative estimate of drug-likeness (QED) is 0.564. The Balaban J connectivity index is 0.000000226. The van der Waals surface area contributed by atoms with Gasteiger partial charge in [-0.3, -0.25) is 4.90 Å². The number of aliphatic hydroxyl groups excluding tert-OH is 3. The van der Waals surface area contributed by atoms with Gasteiger partial charge in [0.15, 0.2) is 0 Å². The molecule has 0 bridgehead atoms. The molecule has 13 heavy (non-hydrogen) atoms. The lowest BCUT2D eigenvalue weighted by Gasteiger charge is -2.10. The molecule has 0 amide bonds. The lowest BCUT2D eigenvalue weighted by molar-refractivity contribution is 0.0574. The molecular formula is C9H21NO3. The summed E-state index contributed by atoms with van der Waals surface area (Å²) < 4.78 is 0. The SMILES string of the molecule is CCC(O)CO.CN1CCC[C@@H]1O. The predicted octanol–water partition coefficient (Wildman–Crippen LogP) is -0.220. The fourth-order valence-corrected chi connectivity index (χ4v) is 1.02. The van der Waals surface area contributed by atoms with Crippen molar-refractivity contribution in [2.75, 3.05) is 20.2 Å². The van der Waals surface area contributed by atoms with Gasteiger partial charge in [0.25, 0.3) is 0 Å². The van der Waals surface area contributed by atoms with Gasteiger partial charge in [-0.2, -0.15) is 0 Å². The van der Waals surface area contributed by atoms with Crippen LogP contribution in [0.15, 0.2) is 0 Å². The second kappa shape index (κ2) is 7.26. The number of rotatable bonds is 2. The summed E-state index contributed by atoms with van der Waals surface area (Å²) in [4.78, 5) is 1.96. The zero-order chi connectivity index (χ0) is 10.3. The van der Waals surface area contributed by atoms with Crippen molar-refractivity contribution >= 4 is 0 Å². The van der Waals surface area contributed by atoms with E-state index in [9.17, 15) is 0 Å². The van der Waals surface area contributed by atoms with Crippen molar-refractivity contribution in [3.63, 3.8) is 0 Å². The van der Waals surface area contributed by atoms with Crippen molar-refractivity contribution in [2.24, 2.45) is 0 Å². The molecule has 1 unspecified atom stereocenters. The zero-order valence-corrected chi connectivity index (χ0v) is 8.48. The number of hydrogen-bond acceptors (Lipinski definition) is 4. The average Bonchev–Trinajstić information content (AvgIpc) is 2.51. The fraction of sp³-hybridized carbons (Fsp3) is 1.00. The van der Waals surface area contributed by atoms with E-state index in [1.165, 1.54) is 0 Å². The van der Waals surface area contributed by atoms with Crippen LogP contribution in [-0.4, -0.2) is 52.8 Å². The monoisotopic (exact) mass is 191 g/mol. The summed E-state index contributed by atoms with van der Waals surface area (Å²) >= 11 is 0. The average molecular weight is 191 g/mol. The van der Waals surface area contributed by atoms with Crippen LogP contribution in [0.5, 0.6) is 0 Å². The molecule has 1 saturated heterocycles. The van der Waals surface area contributed by atoms with E-state index >= 15 is 0 Å². The van der Waals surface area contributed by atoms with Gasteiger partial charge in [0.2, 0.25) is 0 Å². The minimum Gasteiger partial charge on any atom is -0.394 e. The predicted molar refractivity (Wildman–Crippen MR) is 51.3 cm³/mol. The summed E-state index contributed by atoms with van der Waals surface area (Å²) in [6.07, 6.45) is 2.08. The summed E-state index contributed by atoms with van der Waals surface area (Å²) in [5.41, 5.74) is 0. The van der Waals surface area contributed by atoms with E-state index in [1.54, 1.807) is 0 Å². The Labute approximate surface area is 79.8 Å². The molecule has 3 N–H and O–H groups in total. The molecule has 1 rings (SSSR count). The van der Waals surface area contributed by atoms with Gasteiger partial charge in [-0.15, -0.1) is 0 Å². The first-order valence-electron chi connectivity index (χ1n) is 4.79. The molecule has 0 aromatic rings. The Hall–Kier alpha value is -0.160. The second-order valence-electron chi connectivity index (χ2n) is 3.35. The number of hydrogen-bond donors (Lipinski definition) is 3. The first-order valence-corrected chi connectivity index (χ1v) is 4.79. The standard InChI is InChI=1S/C5H11NO.C4H10O2/c1-6-4-2-3-5(6)7;1-2-4(6)3-5/h5,7H,2-4H2,1H3;4-6H,2-3H2,1H3/t5-;/m0./s1. The van der Waals surface area contributed by atoms with Gasteiger partial charge in [0.05, 0.1) is 12.7 Å². The molecule has 0 aliphatic carbocycles. The van der Waals surface area contributed by atoms with E-state index in [-0.39, 0.29) is 12.8 Å². The van der Waals surface area contributed by atoms with E-state index in [0.717, 1.165) is 19.4 Å². The van der Waals surface area contributed by atoms with Gasteiger partial charge in [0, 0.05) is 6.54 Å². The summed E-state index contributed by atoms with van der Waals surface area (Å²) in [5.74, 6) is 0. The molecule has 2 atom stereocenters. The van der Waals surface area contributed by atoms with Crippen LogP contribution in [0.25, 0.3) is 0 Å². The number of likely N-dealkylation sites (tertiary alicyclic amines) is 1. The third-order valence-corrected chi connectivity index (χ3v) is 2.16. The van der Waals surface area contributed by atoms with Crippen LogP contribution < -0.4 is 0 Å². The first-order chi connectivity index (χ1) is 6.11. The summed E-state index contributed by atoms with van der Waals surface area (Å²) in [6.45, 7) is 2.76. The van der Waals surface area contributed by atoms with Crippen molar-refractivity contribution < 1.29 is 15.3 Å². The molecule has 80 valence electrons. The van der Waals surface area contributed by atoms with E-state index in [0.29, 0.717) is 6.42 Å². The Morgan fingerprint density at radius 2 is 2.15 bits per heavy atom. The van der Waals surface area contributed by atoms with Crippen LogP contribution in [0.3, 0.4) is 0 Å². The Bertz CT molecular complexity index is 109. The van der Waals surface area contributed by atoms with Gasteiger partial charge >= 0.3 is 0 Å². The molecule has 4 nitrogen and oxygen atoms in total. The van der Waals surface area contributed by atoms with Crippen LogP contribution in [0, 0.1) is 0 Å². The highest BCUT2D eigenvalue weighted by atomic mass is 16.3. The molecule has 1 heterocycles. The Kier molecular flexibility index (Phi) is 7.17. The van der Waals surface area contributed by atoms with Crippen LogP contribution >= 0.6 is 0 Å². The summed E-state index contributed by atoms with van der Waals surface area (Å²) in [5, 5.41) is 25.4. The largest absolute Gasteiger partial charge is 0.394 e. The smallest absolute Gasteiger partial charge is 0.107 e. The van der Waals surface area contributed by atoms with Gasteiger partial charge in [-0.1, -0.05) is 6.92 Å². The maximum Gasteiger partial charge on any atom is 0.107 e. The molecule has 0 aromatic carbocycles. The van der Waals surface area contributed by atoms with Crippen molar-refractivity contribution in [3.05, 3.63) is 0 Å². The fourth-order valence-electron chi connectivity index (χ4n) is 1.02. The van der Waals surface area contributed by atoms with Gasteiger partial charge in [0.1, 0.15) is 6.23 Å². The highest BCUT2D eigenvalue weighted by molar-refractivity contribution is 4.64. The van der Waals surface area contributed by atoms with Gasteiger partial charge in [-0.05, 0) is 26.3 Å². The Morgan fingerprint density at radius 1 is 1.54 bits per heavy atom. The first kappa shape index (κ1) is 12.8. The van der Waals surface area contributed by atoms with E-state index in [2.05, 4.69) is 0 Å². The van der Waals surface area contributed by atoms with Gasteiger partial charge < -0.3 is 15.3 Å². The topological polar surface area (TPSA) is 63.9 Å². The Morgan fingerprint density at radius 3 is 2.23 bits per heavy atom. The van der Waals surface area contributed by atoms with Crippen molar-refractivity contribution in [1.29, 1.82) is 0 Å². The van der Waals surface area contributed by atoms with Crippen molar-refractivity contribution in [3.8, 4) is 0 Å². The molecule has 0 aromatic heterocycles. The maximum atomic E-state index is 8.92. The van der Waals surface area contributed by atoms with E-state index < -0.39 is 6.10 Å². The normalized spacial score (nSPS) is 25.2. The molecular weight excluding hydrogens is 170 g/mol. The highest BCUT2D eigenvalue weighted by Crippen LogP contribution is 2.10. The van der Waals surface area contributed by atoms with E-state index in [1.807, 2.05) is 18.9 Å². The maximum absolute atomic E-state index is 8.92. The van der Waals surface area contributed by atoms with Crippen LogP contribution in [0.1, 0.15) is 26.2 Å².